The molecule has 0 aliphatic heterocycles. The van der Waals surface area contributed by atoms with E-state index in [1.807, 2.05) is 0 Å². The summed E-state index contributed by atoms with van der Waals surface area (Å²) in [5.74, 6) is -0.346. The van der Waals surface area contributed by atoms with Gasteiger partial charge in [0.05, 0.1) is 27.5 Å². The number of H-pyrrole nitrogens is 1. The molecule has 0 saturated heterocycles. The molecule has 7 nitrogen and oxygen atoms in total. The van der Waals surface area contributed by atoms with Gasteiger partial charge in [0.2, 0.25) is 10.0 Å². The quantitative estimate of drug-likeness (QED) is 0.643. The summed E-state index contributed by atoms with van der Waals surface area (Å²) >= 11 is 8.86. The average molecular weight is 419 g/mol. The molecule has 1 amide bonds. The lowest BCUT2D eigenvalue weighted by Gasteiger charge is -2.22. The van der Waals surface area contributed by atoms with Crippen molar-refractivity contribution in [2.75, 3.05) is 19.8 Å². The number of carbonyl (C=O) groups is 1. The lowest BCUT2D eigenvalue weighted by atomic mass is 10.3. The van der Waals surface area contributed by atoms with Crippen LogP contribution >= 0.6 is 34.3 Å². The Hall–Kier alpha value is -1.46. The number of aromatic nitrogens is 2. The van der Waals surface area contributed by atoms with Crippen LogP contribution in [0.5, 0.6) is 0 Å². The maximum Gasteiger partial charge on any atom is 0.268 e. The monoisotopic (exact) mass is 418 g/mol. The van der Waals surface area contributed by atoms with Crippen LogP contribution < -0.4 is 5.32 Å². The predicted molar refractivity (Wildman–Crippen MR) is 101 cm³/mol. The molecule has 0 fully saturated rings. The van der Waals surface area contributed by atoms with Crippen LogP contribution in [0.15, 0.2) is 23.0 Å². The van der Waals surface area contributed by atoms with Gasteiger partial charge in [-0.05, 0) is 6.07 Å². The van der Waals surface area contributed by atoms with Gasteiger partial charge >= 0.3 is 0 Å². The van der Waals surface area contributed by atoms with Gasteiger partial charge in [0.1, 0.15) is 10.7 Å². The first-order valence-corrected chi connectivity index (χ1v) is 11.1. The minimum absolute atomic E-state index is 0.0912. The van der Waals surface area contributed by atoms with Gasteiger partial charge in [0.15, 0.2) is 0 Å². The van der Waals surface area contributed by atoms with Crippen LogP contribution in [-0.4, -0.2) is 48.4 Å². The Kier molecular flexibility index (Phi) is 5.16. The molecule has 2 N–H and O–H groups in total. The van der Waals surface area contributed by atoms with Crippen molar-refractivity contribution >= 4 is 60.4 Å². The van der Waals surface area contributed by atoms with E-state index >= 15 is 0 Å². The Morgan fingerprint density at radius 3 is 2.84 bits per heavy atom. The number of carbonyl (C=O) groups excluding carboxylic acids is 1. The summed E-state index contributed by atoms with van der Waals surface area (Å²) in [5, 5.41) is 7.61. The first-order chi connectivity index (χ1) is 11.8. The minimum Gasteiger partial charge on any atom is -0.349 e. The maximum atomic E-state index is 12.6. The molecular weight excluding hydrogens is 404 g/mol. The first-order valence-electron chi connectivity index (χ1n) is 7.13. The second-order valence-corrected chi connectivity index (χ2v) is 9.78. The second kappa shape index (κ2) is 7.04. The normalized spacial score (nSPS) is 13.4. The first kappa shape index (κ1) is 18.3. The van der Waals surface area contributed by atoms with Crippen molar-refractivity contribution in [1.82, 2.24) is 19.6 Å². The van der Waals surface area contributed by atoms with Crippen LogP contribution in [0.3, 0.4) is 0 Å². The molecular formula is C14H15ClN4O3S3. The molecule has 0 aliphatic carbocycles. The van der Waals surface area contributed by atoms with Gasteiger partial charge in [0.25, 0.3) is 5.91 Å². The number of thiophene rings is 1. The molecule has 134 valence electrons. The van der Waals surface area contributed by atoms with Crippen molar-refractivity contribution in [3.8, 4) is 0 Å². The number of aromatic amines is 1. The molecule has 0 aromatic carbocycles. The lowest BCUT2D eigenvalue weighted by molar-refractivity contribution is 0.0928. The van der Waals surface area contributed by atoms with Gasteiger partial charge in [-0.25, -0.2) is 17.7 Å². The summed E-state index contributed by atoms with van der Waals surface area (Å²) in [6.45, 7) is 0.0912. The Morgan fingerprint density at radius 2 is 2.24 bits per heavy atom. The summed E-state index contributed by atoms with van der Waals surface area (Å²) in [5.41, 5.74) is 1.09. The molecule has 3 aromatic rings. The number of nitrogens with zero attached hydrogens (tertiary/aromatic N) is 2. The Morgan fingerprint density at radius 1 is 1.48 bits per heavy atom. The zero-order valence-electron chi connectivity index (χ0n) is 13.3. The number of thiazole rings is 1. The highest BCUT2D eigenvalue weighted by atomic mass is 35.5. The molecule has 3 aromatic heterocycles. The van der Waals surface area contributed by atoms with E-state index in [1.165, 1.54) is 34.0 Å². The molecule has 0 spiro atoms. The van der Waals surface area contributed by atoms with Gasteiger partial charge in [-0.15, -0.1) is 22.7 Å². The van der Waals surface area contributed by atoms with E-state index in [0.717, 1.165) is 16.5 Å². The predicted octanol–water partition coefficient (Wildman–Crippen LogP) is 2.70. The van der Waals surface area contributed by atoms with Crippen molar-refractivity contribution in [1.29, 1.82) is 0 Å². The van der Waals surface area contributed by atoms with E-state index in [1.54, 1.807) is 23.0 Å². The van der Waals surface area contributed by atoms with Crippen LogP contribution in [0.2, 0.25) is 5.02 Å². The second-order valence-electron chi connectivity index (χ2n) is 5.45. The Labute approximate surface area is 157 Å². The SMILES string of the molecule is CN(CC(NC(=O)c1cc2scc(Cl)c2[nH]1)c1nccs1)S(C)(=O)=O. The highest BCUT2D eigenvalue weighted by Crippen LogP contribution is 2.30. The molecule has 3 heterocycles. The van der Waals surface area contributed by atoms with Gasteiger partial charge < -0.3 is 10.3 Å². The average Bonchev–Trinajstić information content (AvgIpc) is 3.24. The fourth-order valence-electron chi connectivity index (χ4n) is 2.22. The summed E-state index contributed by atoms with van der Waals surface area (Å²) in [4.78, 5) is 19.8. The van der Waals surface area contributed by atoms with Crippen molar-refractivity contribution < 1.29 is 13.2 Å². The number of nitrogens with one attached hydrogen (secondary N) is 2. The number of rotatable bonds is 6. The van der Waals surface area contributed by atoms with Crippen molar-refractivity contribution in [2.45, 2.75) is 6.04 Å². The van der Waals surface area contributed by atoms with Crippen LogP contribution in [0.1, 0.15) is 21.5 Å². The van der Waals surface area contributed by atoms with E-state index in [9.17, 15) is 13.2 Å². The van der Waals surface area contributed by atoms with Crippen molar-refractivity contribution in [2.24, 2.45) is 0 Å². The van der Waals surface area contributed by atoms with Gasteiger partial charge in [-0.2, -0.15) is 0 Å². The number of halogens is 1. The third kappa shape index (κ3) is 4.04. The van der Waals surface area contributed by atoms with E-state index < -0.39 is 16.1 Å². The standard InChI is InChI=1S/C14H15ClN4O3S3/c1-19(25(2,21)22)6-10(14-16-3-4-23-14)18-13(20)9-5-11-12(17-9)8(15)7-24-11/h3-5,7,10,17H,6H2,1-2H3,(H,18,20). The molecule has 11 heteroatoms. The minimum atomic E-state index is -3.37. The summed E-state index contributed by atoms with van der Waals surface area (Å²) in [6.07, 6.45) is 2.73. The maximum absolute atomic E-state index is 12.6. The molecule has 0 aliphatic rings. The zero-order chi connectivity index (χ0) is 18.2. The van der Waals surface area contributed by atoms with Crippen LogP contribution in [0, 0.1) is 0 Å². The molecule has 25 heavy (non-hydrogen) atoms. The highest BCUT2D eigenvalue weighted by molar-refractivity contribution is 7.88. The Bertz CT molecular complexity index is 994. The van der Waals surface area contributed by atoms with Gasteiger partial charge in [-0.1, -0.05) is 11.6 Å². The Balaban J connectivity index is 1.82. The van der Waals surface area contributed by atoms with E-state index in [-0.39, 0.29) is 12.5 Å². The molecule has 1 atom stereocenters. The molecule has 0 saturated carbocycles. The number of hydrogen-bond acceptors (Lipinski definition) is 6. The zero-order valence-corrected chi connectivity index (χ0v) is 16.5. The van der Waals surface area contributed by atoms with E-state index in [2.05, 4.69) is 15.3 Å². The summed E-state index contributed by atoms with van der Waals surface area (Å²) in [6, 6.07) is 1.17. The fourth-order valence-corrected chi connectivity index (χ4v) is 4.48. The number of amides is 1. The third-order valence-corrected chi connectivity index (χ3v) is 7.14. The number of hydrogen-bond donors (Lipinski definition) is 2. The van der Waals surface area contributed by atoms with Gasteiger partial charge in [0, 0.05) is 30.5 Å². The van der Waals surface area contributed by atoms with Crippen LogP contribution in [-0.2, 0) is 10.0 Å². The molecule has 3 rings (SSSR count). The third-order valence-electron chi connectivity index (χ3n) is 3.61. The number of fused-ring (bicyclic) bond motifs is 1. The highest BCUT2D eigenvalue weighted by Gasteiger charge is 2.24. The summed E-state index contributed by atoms with van der Waals surface area (Å²) < 4.78 is 25.4. The summed E-state index contributed by atoms with van der Waals surface area (Å²) in [7, 11) is -1.91. The largest absolute Gasteiger partial charge is 0.349 e. The number of sulfonamides is 1. The smallest absolute Gasteiger partial charge is 0.268 e. The number of likely N-dealkylation sites (N-methyl/N-ethyl adjacent to an activating group) is 1. The topological polar surface area (TPSA) is 95.2 Å². The fraction of sp³-hybridized carbons (Fsp3) is 0.286. The lowest BCUT2D eigenvalue weighted by Crippen LogP contribution is -2.38. The van der Waals surface area contributed by atoms with Crippen molar-refractivity contribution in [3.05, 3.63) is 38.7 Å². The molecule has 0 radical (unpaired) electrons. The van der Waals surface area contributed by atoms with E-state index in [0.29, 0.717) is 15.7 Å². The van der Waals surface area contributed by atoms with Crippen LogP contribution in [0.4, 0.5) is 0 Å². The molecule has 1 unspecified atom stereocenters. The van der Waals surface area contributed by atoms with Crippen molar-refractivity contribution in [3.63, 3.8) is 0 Å². The van der Waals surface area contributed by atoms with E-state index in [4.69, 9.17) is 11.6 Å². The molecule has 0 bridgehead atoms. The van der Waals surface area contributed by atoms with Crippen LogP contribution in [0.25, 0.3) is 10.2 Å². The van der Waals surface area contributed by atoms with Gasteiger partial charge in [-0.3, -0.25) is 4.79 Å².